The van der Waals surface area contributed by atoms with E-state index < -0.39 is 41.2 Å². The maximum atomic E-state index is 8.59. The normalized spacial score (nSPS) is 8.25. The Morgan fingerprint density at radius 1 is 1.12 bits per heavy atom. The summed E-state index contributed by atoms with van der Waals surface area (Å²) in [5, 5.41) is 0. The molecule has 0 radical (unpaired) electrons. The summed E-state index contributed by atoms with van der Waals surface area (Å²) in [4.78, 5) is 0. The molecule has 0 N–H and O–H groups in total. The van der Waals surface area contributed by atoms with Gasteiger partial charge in [-0.15, -0.1) is 0 Å². The summed E-state index contributed by atoms with van der Waals surface area (Å²) in [6, 6.07) is 0. The van der Waals surface area contributed by atoms with Crippen molar-refractivity contribution >= 4 is 13.4 Å². The third-order valence-electron chi connectivity index (χ3n) is 0. The van der Waals surface area contributed by atoms with Crippen molar-refractivity contribution in [1.29, 1.82) is 0 Å². The van der Waals surface area contributed by atoms with Crippen molar-refractivity contribution in [2.24, 2.45) is 0 Å². The first-order chi connectivity index (χ1) is 3.41. The second-order valence-corrected chi connectivity index (χ2v) is 2.90. The van der Waals surface area contributed by atoms with Gasteiger partial charge in [0.15, 0.2) is 0 Å². The van der Waals surface area contributed by atoms with E-state index in [9.17, 15) is 0 Å². The molecule has 0 aromatic carbocycles. The van der Waals surface area contributed by atoms with E-state index >= 15 is 0 Å². The Morgan fingerprint density at radius 3 is 1.12 bits per heavy atom. The molecule has 8 heteroatoms. The van der Waals surface area contributed by atoms with Crippen LogP contribution in [0, 0.1) is 27.8 Å². The van der Waals surface area contributed by atoms with Crippen LogP contribution in [0.1, 0.15) is 0 Å². The molecule has 46 valence electrons. The molecule has 0 spiro atoms. The topological polar surface area (TPSA) is 114 Å². The van der Waals surface area contributed by atoms with Gasteiger partial charge < -0.3 is 0 Å². The minimum absolute atomic E-state index is 2.51. The van der Waals surface area contributed by atoms with E-state index in [1.807, 2.05) is 0 Å². The Hall–Kier alpha value is 0.691. The van der Waals surface area contributed by atoms with Crippen LogP contribution in [0.15, 0.2) is 0 Å². The van der Waals surface area contributed by atoms with E-state index in [0.29, 0.717) is 0 Å². The fourth-order valence-corrected chi connectivity index (χ4v) is 0. The monoisotopic (exact) mass is 414 g/mol. The molecule has 0 aliphatic heterocycles. The molecule has 8 heavy (non-hydrogen) atoms. The predicted molar refractivity (Wildman–Crippen MR) is 8.50 cm³/mol. The van der Waals surface area contributed by atoms with E-state index in [1.165, 1.54) is 0 Å². The third-order valence-corrected chi connectivity index (χ3v) is 0. The molecule has 0 aliphatic rings. The first-order valence-corrected chi connectivity index (χ1v) is 7.27. The number of rotatable bonds is 0. The van der Waals surface area contributed by atoms with Gasteiger partial charge in [-0.2, -0.15) is 0 Å². The van der Waals surface area contributed by atoms with E-state index in [-0.39, 0.29) is 0 Å². The molecule has 0 amide bonds. The maximum absolute atomic E-state index is 8.59. The molecule has 0 saturated heterocycles. The molecular weight excluding hydrogens is 413 g/mol. The van der Waals surface area contributed by atoms with Gasteiger partial charge in [0, 0.05) is 0 Å². The quantitative estimate of drug-likeness (QED) is 0.386. The fourth-order valence-electron chi connectivity index (χ4n) is 0. The summed E-state index contributed by atoms with van der Waals surface area (Å²) in [7, 11) is 0. The van der Waals surface area contributed by atoms with Gasteiger partial charge >= 0.3 is 61.7 Å². The van der Waals surface area contributed by atoms with Crippen molar-refractivity contribution in [3.05, 3.63) is 0 Å². The van der Waals surface area contributed by atoms with Gasteiger partial charge in [-0.3, -0.25) is 0 Å². The zero-order valence-corrected chi connectivity index (χ0v) is 9.23. The van der Waals surface area contributed by atoms with Crippen LogP contribution in [0.4, 0.5) is 0 Å². The summed E-state index contributed by atoms with van der Waals surface area (Å²) in [5.74, 6) is 0. The van der Waals surface area contributed by atoms with Gasteiger partial charge in [0.1, 0.15) is 0 Å². The second kappa shape index (κ2) is 5.82. The van der Waals surface area contributed by atoms with Crippen molar-refractivity contribution < 1.29 is 48.3 Å². The Bertz CT molecular complexity index is 149. The van der Waals surface area contributed by atoms with Crippen molar-refractivity contribution in [3.63, 3.8) is 0 Å². The van der Waals surface area contributed by atoms with E-state index in [1.54, 1.807) is 0 Å². The van der Waals surface area contributed by atoms with E-state index in [0.717, 1.165) is 0 Å². The second-order valence-electron chi connectivity index (χ2n) is 0.492. The molecule has 6 nitrogen and oxygen atoms in total. The van der Waals surface area contributed by atoms with E-state index in [4.69, 9.17) is 20.5 Å². The van der Waals surface area contributed by atoms with Gasteiger partial charge in [0.2, 0.25) is 0 Å². The van der Waals surface area contributed by atoms with Crippen LogP contribution in [-0.2, 0) is 12.1 Å². The van der Waals surface area contributed by atoms with Crippen LogP contribution in [0.2, 0.25) is 0 Å². The Labute approximate surface area is 61.4 Å². The SMILES string of the molecule is O=[Se](=O)([O-])[O-].[O]=[U+2]=[O]. The Balaban J connectivity index is 0. The summed E-state index contributed by atoms with van der Waals surface area (Å²) in [6.07, 6.45) is 0. The van der Waals surface area contributed by atoms with Gasteiger partial charge in [-0.25, -0.2) is 0 Å². The van der Waals surface area contributed by atoms with Gasteiger partial charge in [0.05, 0.1) is 0 Å². The first-order valence-electron chi connectivity index (χ1n) is 1.07. The zero-order valence-electron chi connectivity index (χ0n) is 3.36. The number of hydrogen-bond donors (Lipinski definition) is 0. The molecule has 0 aliphatic carbocycles. The molecule has 0 unspecified atom stereocenters. The van der Waals surface area contributed by atoms with E-state index in [2.05, 4.69) is 0 Å². The summed E-state index contributed by atoms with van der Waals surface area (Å²) < 4.78 is 51.5. The minimum atomic E-state index is -5.75. The van der Waals surface area contributed by atoms with Crippen molar-refractivity contribution in [1.82, 2.24) is 0 Å². The van der Waals surface area contributed by atoms with Gasteiger partial charge in [0.25, 0.3) is 0 Å². The summed E-state index contributed by atoms with van der Waals surface area (Å²) in [6.45, 7) is 0. The fraction of sp³-hybridized carbons (Fsp3) is 0. The summed E-state index contributed by atoms with van der Waals surface area (Å²) in [5.41, 5.74) is 0. The van der Waals surface area contributed by atoms with Crippen LogP contribution < -0.4 is 8.38 Å². The molecule has 0 aromatic rings. The van der Waals surface area contributed by atoms with Crippen molar-refractivity contribution in [2.45, 2.75) is 0 Å². The van der Waals surface area contributed by atoms with Gasteiger partial charge in [-0.05, 0) is 0 Å². The summed E-state index contributed by atoms with van der Waals surface area (Å²) >= 11 is -8.26. The van der Waals surface area contributed by atoms with Crippen LogP contribution in [-0.4, -0.2) is 13.4 Å². The Kier molecular flexibility index (Phi) is 8.36. The van der Waals surface area contributed by atoms with Crippen molar-refractivity contribution in [2.75, 3.05) is 0 Å². The average Bonchev–Trinajstić information content (AvgIpc) is 1.27. The van der Waals surface area contributed by atoms with Crippen LogP contribution in [0.25, 0.3) is 0 Å². The van der Waals surface area contributed by atoms with Crippen molar-refractivity contribution in [3.8, 4) is 0 Å². The zero-order chi connectivity index (χ0) is 7.21. The molecular formula is O6SeU. The van der Waals surface area contributed by atoms with Crippen LogP contribution in [0.3, 0.4) is 0 Å². The molecule has 0 fully saturated rings. The third kappa shape index (κ3) is 453. The molecule has 0 heterocycles. The molecule has 0 rings (SSSR count). The molecule has 0 atom stereocenters. The first kappa shape index (κ1) is 11.5. The van der Waals surface area contributed by atoms with Gasteiger partial charge in [-0.1, -0.05) is 0 Å². The standard InChI is InChI=1S/H2O4Se.2O.U/c1-5(2,3)4;;;/h(H2,1,2,3,4);;;/q;;;+2/p-2. The molecule has 0 bridgehead atoms. The van der Waals surface area contributed by atoms with Crippen LogP contribution in [0.5, 0.6) is 0 Å². The molecule has 0 aromatic heterocycles. The molecule has 0 saturated carbocycles. The van der Waals surface area contributed by atoms with Crippen LogP contribution >= 0.6 is 0 Å². The number of hydrogen-bond acceptors (Lipinski definition) is 6. The Morgan fingerprint density at radius 2 is 1.12 bits per heavy atom. The average molecular weight is 413 g/mol. The predicted octanol–water partition coefficient (Wildman–Crippen LogP) is -3.23.